The predicted molar refractivity (Wildman–Crippen MR) is 127 cm³/mol. The highest BCUT2D eigenvalue weighted by Gasteiger charge is 2.26. The summed E-state index contributed by atoms with van der Waals surface area (Å²) >= 11 is 5.38. The summed E-state index contributed by atoms with van der Waals surface area (Å²) in [5.41, 5.74) is 0.507. The Kier molecular flexibility index (Phi) is 9.16. The van der Waals surface area contributed by atoms with Crippen LogP contribution in [0.4, 0.5) is 5.69 Å². The third kappa shape index (κ3) is 6.78. The van der Waals surface area contributed by atoms with Gasteiger partial charge >= 0.3 is 5.97 Å². The van der Waals surface area contributed by atoms with Crippen LogP contribution < -0.4 is 23.7 Å². The molecule has 0 amide bonds. The number of carboxylic acid groups (broad SMARTS) is 1. The van der Waals surface area contributed by atoms with Gasteiger partial charge < -0.3 is 24.1 Å². The van der Waals surface area contributed by atoms with E-state index >= 15 is 0 Å². The molecule has 0 radical (unpaired) electrons. The summed E-state index contributed by atoms with van der Waals surface area (Å²) in [6.45, 7) is 0. The van der Waals surface area contributed by atoms with Gasteiger partial charge in [-0.15, -0.1) is 0 Å². The lowest BCUT2D eigenvalue weighted by atomic mass is 9.95. The average molecular weight is 514 g/mol. The number of hydrogen-bond acceptors (Lipinski definition) is 8. The standard InChI is InChI=1S/C22H24ClNO9S/c1-30-14-10-19(32-3)15(20(11-14)33-4)7-8-34(28,29)24-13-5-6-18(31-2)16(9-13)17(22(26)27)12-21(23)25/h5-11,17,24H,12H2,1-4H3,(H,26,27). The van der Waals surface area contributed by atoms with Crippen LogP contribution in [-0.2, 0) is 19.6 Å². The Balaban J connectivity index is 2.42. The topological polar surface area (TPSA) is 137 Å². The number of carbonyl (C=O) groups excluding carboxylic acids is 1. The van der Waals surface area contributed by atoms with Gasteiger partial charge in [-0.3, -0.25) is 14.3 Å². The van der Waals surface area contributed by atoms with Gasteiger partial charge in [0.15, 0.2) is 0 Å². The fraction of sp³-hybridized carbons (Fsp3) is 0.273. The molecule has 10 nitrogen and oxygen atoms in total. The summed E-state index contributed by atoms with van der Waals surface area (Å²) < 4.78 is 48.7. The molecule has 0 aliphatic carbocycles. The zero-order valence-electron chi connectivity index (χ0n) is 18.8. The molecule has 12 heteroatoms. The van der Waals surface area contributed by atoms with E-state index in [1.165, 1.54) is 52.7 Å². The molecule has 1 unspecified atom stereocenters. The van der Waals surface area contributed by atoms with Crippen molar-refractivity contribution in [1.82, 2.24) is 0 Å². The van der Waals surface area contributed by atoms with E-state index in [4.69, 9.17) is 30.5 Å². The van der Waals surface area contributed by atoms with Crippen molar-refractivity contribution in [1.29, 1.82) is 0 Å². The second kappa shape index (κ2) is 11.6. The first-order valence-corrected chi connectivity index (χ1v) is 11.6. The highest BCUT2D eigenvalue weighted by atomic mass is 35.5. The van der Waals surface area contributed by atoms with E-state index < -0.39 is 33.6 Å². The number of benzene rings is 2. The van der Waals surface area contributed by atoms with Crippen molar-refractivity contribution in [3.8, 4) is 23.0 Å². The number of hydrogen-bond donors (Lipinski definition) is 2. The molecule has 0 saturated carbocycles. The molecule has 0 bridgehead atoms. The van der Waals surface area contributed by atoms with Gasteiger partial charge in [-0.25, -0.2) is 8.42 Å². The number of rotatable bonds is 12. The second-order valence-corrected chi connectivity index (χ2v) is 8.79. The van der Waals surface area contributed by atoms with Gasteiger partial charge in [-0.1, -0.05) is 0 Å². The molecule has 1 atom stereocenters. The molecule has 0 aliphatic heterocycles. The van der Waals surface area contributed by atoms with E-state index in [9.17, 15) is 23.1 Å². The van der Waals surface area contributed by atoms with Gasteiger partial charge in [0.2, 0.25) is 5.24 Å². The first-order chi connectivity index (χ1) is 16.0. The van der Waals surface area contributed by atoms with Gasteiger partial charge in [0, 0.05) is 29.8 Å². The molecule has 0 aliphatic rings. The Hall–Kier alpha value is -3.44. The highest BCUT2D eigenvalue weighted by Crippen LogP contribution is 2.36. The zero-order valence-corrected chi connectivity index (χ0v) is 20.4. The minimum Gasteiger partial charge on any atom is -0.496 e. The number of carbonyl (C=O) groups is 2. The highest BCUT2D eigenvalue weighted by molar-refractivity contribution is 7.95. The summed E-state index contributed by atoms with van der Waals surface area (Å²) in [7, 11) is 1.57. The van der Waals surface area contributed by atoms with E-state index in [-0.39, 0.29) is 17.0 Å². The lowest BCUT2D eigenvalue weighted by Crippen LogP contribution is -2.16. The molecule has 0 heterocycles. The largest absolute Gasteiger partial charge is 0.496 e. The molecule has 184 valence electrons. The van der Waals surface area contributed by atoms with Crippen LogP contribution in [0, 0.1) is 0 Å². The van der Waals surface area contributed by atoms with Gasteiger partial charge in [-0.2, -0.15) is 0 Å². The molecular weight excluding hydrogens is 490 g/mol. The molecule has 2 N–H and O–H groups in total. The van der Waals surface area contributed by atoms with Gasteiger partial charge in [-0.05, 0) is 35.9 Å². The maximum Gasteiger partial charge on any atom is 0.311 e. The first-order valence-electron chi connectivity index (χ1n) is 9.65. The number of nitrogens with one attached hydrogen (secondary N) is 1. The lowest BCUT2D eigenvalue weighted by molar-refractivity contribution is -0.140. The minimum atomic E-state index is -4.06. The van der Waals surface area contributed by atoms with Crippen LogP contribution >= 0.6 is 11.6 Å². The van der Waals surface area contributed by atoms with E-state index in [2.05, 4.69) is 4.72 Å². The number of sulfonamides is 1. The van der Waals surface area contributed by atoms with Crippen LogP contribution in [0.5, 0.6) is 23.0 Å². The van der Waals surface area contributed by atoms with Crippen LogP contribution in [0.3, 0.4) is 0 Å². The Morgan fingerprint density at radius 2 is 1.59 bits per heavy atom. The first kappa shape index (κ1) is 26.8. The van der Waals surface area contributed by atoms with Gasteiger partial charge in [0.05, 0.1) is 45.3 Å². The Morgan fingerprint density at radius 1 is 1.00 bits per heavy atom. The monoisotopic (exact) mass is 513 g/mol. The molecule has 2 aromatic rings. The number of halogens is 1. The van der Waals surface area contributed by atoms with Crippen LogP contribution in [0.25, 0.3) is 6.08 Å². The molecule has 34 heavy (non-hydrogen) atoms. The Morgan fingerprint density at radius 3 is 2.06 bits per heavy atom. The van der Waals surface area contributed by atoms with Gasteiger partial charge in [0.25, 0.3) is 10.0 Å². The summed E-state index contributed by atoms with van der Waals surface area (Å²) in [6, 6.07) is 7.20. The summed E-state index contributed by atoms with van der Waals surface area (Å²) in [5, 5.41) is 9.56. The number of carboxylic acids is 1. The normalized spacial score (nSPS) is 12.1. The number of aliphatic carboxylic acids is 1. The predicted octanol–water partition coefficient (Wildman–Crippen LogP) is 3.46. The molecule has 0 saturated heterocycles. The fourth-order valence-electron chi connectivity index (χ4n) is 3.11. The van der Waals surface area contributed by atoms with E-state index in [0.717, 1.165) is 5.41 Å². The van der Waals surface area contributed by atoms with Crippen LogP contribution in [0.1, 0.15) is 23.5 Å². The zero-order chi connectivity index (χ0) is 25.5. The van der Waals surface area contributed by atoms with Crippen LogP contribution in [0.15, 0.2) is 35.7 Å². The Labute approximate surface area is 202 Å². The number of anilines is 1. The lowest BCUT2D eigenvalue weighted by Gasteiger charge is -2.16. The summed E-state index contributed by atoms with van der Waals surface area (Å²) in [6.07, 6.45) is 0.788. The third-order valence-corrected chi connectivity index (χ3v) is 5.86. The second-order valence-electron chi connectivity index (χ2n) is 6.80. The van der Waals surface area contributed by atoms with Crippen molar-refractivity contribution in [3.05, 3.63) is 46.9 Å². The van der Waals surface area contributed by atoms with Crippen molar-refractivity contribution in [2.24, 2.45) is 0 Å². The van der Waals surface area contributed by atoms with E-state index in [1.807, 2.05) is 0 Å². The van der Waals surface area contributed by atoms with Crippen molar-refractivity contribution < 1.29 is 42.1 Å². The molecule has 0 fully saturated rings. The minimum absolute atomic E-state index is 0.0578. The summed E-state index contributed by atoms with van der Waals surface area (Å²) in [5.74, 6) is -1.37. The van der Waals surface area contributed by atoms with Crippen molar-refractivity contribution in [2.45, 2.75) is 12.3 Å². The molecule has 2 aromatic carbocycles. The summed E-state index contributed by atoms with van der Waals surface area (Å²) in [4.78, 5) is 23.0. The molecule has 2 rings (SSSR count). The maximum absolute atomic E-state index is 12.7. The smallest absolute Gasteiger partial charge is 0.311 e. The van der Waals surface area contributed by atoms with E-state index in [0.29, 0.717) is 22.8 Å². The fourth-order valence-corrected chi connectivity index (χ4v) is 4.11. The maximum atomic E-state index is 12.7. The Bertz CT molecular complexity index is 1170. The third-order valence-electron chi connectivity index (χ3n) is 4.69. The van der Waals surface area contributed by atoms with Crippen molar-refractivity contribution in [3.63, 3.8) is 0 Å². The van der Waals surface area contributed by atoms with Crippen LogP contribution in [0.2, 0.25) is 0 Å². The van der Waals surface area contributed by atoms with Crippen molar-refractivity contribution >= 4 is 44.6 Å². The van der Waals surface area contributed by atoms with Gasteiger partial charge in [0.1, 0.15) is 23.0 Å². The number of methoxy groups -OCH3 is 4. The van der Waals surface area contributed by atoms with E-state index in [1.54, 1.807) is 12.1 Å². The number of ether oxygens (including phenoxy) is 4. The average Bonchev–Trinajstić information content (AvgIpc) is 2.79. The quantitative estimate of drug-likeness (QED) is 0.408. The molecule has 0 spiro atoms. The SMILES string of the molecule is COc1cc(OC)c(C=CS(=O)(=O)Nc2ccc(OC)c(C(CC(=O)Cl)C(=O)O)c2)c(OC)c1. The molecule has 0 aromatic heterocycles. The molecular formula is C22H24ClNO9S. The van der Waals surface area contributed by atoms with Crippen LogP contribution in [-0.4, -0.2) is 53.2 Å². The van der Waals surface area contributed by atoms with Crippen molar-refractivity contribution in [2.75, 3.05) is 33.2 Å².